The SMILES string of the molecule is C=CCOCCOCCOCCOCCOCCOCCOCCCCCCCCCCCCCCCCCC. The Kier molecular flexibility index (Phi) is 37.9. The second-order valence-electron chi connectivity index (χ2n) is 10.3. The van der Waals surface area contributed by atoms with E-state index in [2.05, 4.69) is 13.5 Å². The molecule has 0 N–H and O–H groups in total. The van der Waals surface area contributed by atoms with Gasteiger partial charge in [0.05, 0.1) is 85.9 Å². The molecule has 0 saturated heterocycles. The first kappa shape index (κ1) is 39.5. The molecule has 0 aromatic rings. The van der Waals surface area contributed by atoms with E-state index in [1.807, 2.05) is 0 Å². The summed E-state index contributed by atoms with van der Waals surface area (Å²) >= 11 is 0. The largest absolute Gasteiger partial charge is 0.379 e. The molecule has 240 valence electrons. The average molecular weight is 575 g/mol. The Morgan fingerprint density at radius 1 is 0.325 bits per heavy atom. The summed E-state index contributed by atoms with van der Waals surface area (Å²) in [6.07, 6.45) is 24.0. The van der Waals surface area contributed by atoms with Crippen molar-refractivity contribution in [2.75, 3.05) is 92.5 Å². The van der Waals surface area contributed by atoms with Crippen LogP contribution in [0.4, 0.5) is 0 Å². The van der Waals surface area contributed by atoms with E-state index in [0.29, 0.717) is 85.9 Å². The van der Waals surface area contributed by atoms with E-state index >= 15 is 0 Å². The van der Waals surface area contributed by atoms with Crippen LogP contribution in [0.1, 0.15) is 110 Å². The zero-order valence-electron chi connectivity index (χ0n) is 26.4. The van der Waals surface area contributed by atoms with Gasteiger partial charge in [-0.05, 0) is 6.42 Å². The normalized spacial score (nSPS) is 11.4. The highest BCUT2D eigenvalue weighted by molar-refractivity contribution is 4.63. The van der Waals surface area contributed by atoms with E-state index < -0.39 is 0 Å². The third-order valence-electron chi connectivity index (χ3n) is 6.61. The van der Waals surface area contributed by atoms with Crippen molar-refractivity contribution in [1.29, 1.82) is 0 Å². The van der Waals surface area contributed by atoms with Gasteiger partial charge in [0.15, 0.2) is 0 Å². The summed E-state index contributed by atoms with van der Waals surface area (Å²) in [5.41, 5.74) is 0. The highest BCUT2D eigenvalue weighted by Gasteiger charge is 1.97. The third-order valence-corrected chi connectivity index (χ3v) is 6.61. The summed E-state index contributed by atoms with van der Waals surface area (Å²) in [5, 5.41) is 0. The van der Waals surface area contributed by atoms with Crippen LogP contribution in [0.15, 0.2) is 12.7 Å². The molecule has 0 spiro atoms. The lowest BCUT2D eigenvalue weighted by Gasteiger charge is -2.08. The highest BCUT2D eigenvalue weighted by atomic mass is 16.6. The van der Waals surface area contributed by atoms with Crippen molar-refractivity contribution in [3.8, 4) is 0 Å². The lowest BCUT2D eigenvalue weighted by atomic mass is 10.0. The first-order valence-corrected chi connectivity index (χ1v) is 16.6. The zero-order valence-corrected chi connectivity index (χ0v) is 26.4. The molecule has 0 bridgehead atoms. The maximum atomic E-state index is 5.67. The second kappa shape index (κ2) is 38.5. The molecule has 7 nitrogen and oxygen atoms in total. The van der Waals surface area contributed by atoms with E-state index in [1.54, 1.807) is 6.08 Å². The Balaban J connectivity index is 3.02. The molecule has 0 aliphatic rings. The highest BCUT2D eigenvalue weighted by Crippen LogP contribution is 2.13. The van der Waals surface area contributed by atoms with E-state index in [-0.39, 0.29) is 0 Å². The van der Waals surface area contributed by atoms with Gasteiger partial charge in [-0.15, -0.1) is 6.58 Å². The van der Waals surface area contributed by atoms with Crippen LogP contribution in [0.5, 0.6) is 0 Å². The Hall–Kier alpha value is -0.540. The Morgan fingerprint density at radius 3 is 0.875 bits per heavy atom. The number of ether oxygens (including phenoxy) is 7. The van der Waals surface area contributed by atoms with Crippen molar-refractivity contribution >= 4 is 0 Å². The van der Waals surface area contributed by atoms with Crippen LogP contribution in [-0.2, 0) is 33.2 Å². The smallest absolute Gasteiger partial charge is 0.0704 e. The molecule has 0 atom stereocenters. The molecule has 0 heterocycles. The topological polar surface area (TPSA) is 64.6 Å². The Bertz CT molecular complexity index is 451. The Labute approximate surface area is 248 Å². The van der Waals surface area contributed by atoms with E-state index in [4.69, 9.17) is 33.2 Å². The van der Waals surface area contributed by atoms with Crippen LogP contribution in [0.25, 0.3) is 0 Å². The number of unbranched alkanes of at least 4 members (excludes halogenated alkanes) is 15. The summed E-state index contributed by atoms with van der Waals surface area (Å²) in [6.45, 7) is 14.2. The summed E-state index contributed by atoms with van der Waals surface area (Å²) < 4.78 is 38.3. The molecular formula is C33H66O7. The van der Waals surface area contributed by atoms with Gasteiger partial charge >= 0.3 is 0 Å². The lowest BCUT2D eigenvalue weighted by molar-refractivity contribution is -0.0198. The zero-order chi connectivity index (χ0) is 28.9. The first-order valence-electron chi connectivity index (χ1n) is 16.6. The fraction of sp³-hybridized carbons (Fsp3) is 0.939. The van der Waals surface area contributed by atoms with Crippen molar-refractivity contribution in [2.45, 2.75) is 110 Å². The van der Waals surface area contributed by atoms with Crippen molar-refractivity contribution in [3.63, 3.8) is 0 Å². The molecule has 7 heteroatoms. The van der Waals surface area contributed by atoms with Gasteiger partial charge in [-0.3, -0.25) is 0 Å². The quantitative estimate of drug-likeness (QED) is 0.0561. The molecule has 40 heavy (non-hydrogen) atoms. The van der Waals surface area contributed by atoms with E-state index in [0.717, 1.165) is 13.0 Å². The van der Waals surface area contributed by atoms with E-state index in [9.17, 15) is 0 Å². The molecule has 0 aromatic carbocycles. The van der Waals surface area contributed by atoms with Crippen LogP contribution in [0, 0.1) is 0 Å². The monoisotopic (exact) mass is 574 g/mol. The molecular weight excluding hydrogens is 508 g/mol. The summed E-state index contributed by atoms with van der Waals surface area (Å²) in [4.78, 5) is 0. The summed E-state index contributed by atoms with van der Waals surface area (Å²) in [6, 6.07) is 0. The maximum Gasteiger partial charge on any atom is 0.0704 e. The van der Waals surface area contributed by atoms with E-state index in [1.165, 1.54) is 96.3 Å². The van der Waals surface area contributed by atoms with Gasteiger partial charge in [0, 0.05) is 6.61 Å². The number of hydrogen-bond donors (Lipinski definition) is 0. The minimum Gasteiger partial charge on any atom is -0.379 e. The van der Waals surface area contributed by atoms with Gasteiger partial charge < -0.3 is 33.2 Å². The molecule has 0 aliphatic carbocycles. The van der Waals surface area contributed by atoms with Crippen molar-refractivity contribution in [1.82, 2.24) is 0 Å². The van der Waals surface area contributed by atoms with Crippen molar-refractivity contribution < 1.29 is 33.2 Å². The summed E-state index contributed by atoms with van der Waals surface area (Å²) in [5.74, 6) is 0. The molecule has 0 rings (SSSR count). The fourth-order valence-electron chi connectivity index (χ4n) is 4.24. The third kappa shape index (κ3) is 37.5. The van der Waals surface area contributed by atoms with Crippen molar-refractivity contribution in [2.24, 2.45) is 0 Å². The van der Waals surface area contributed by atoms with Crippen molar-refractivity contribution in [3.05, 3.63) is 12.7 Å². The molecule has 0 unspecified atom stereocenters. The van der Waals surface area contributed by atoms with Crippen LogP contribution in [0.2, 0.25) is 0 Å². The molecule has 0 fully saturated rings. The van der Waals surface area contributed by atoms with Crippen LogP contribution >= 0.6 is 0 Å². The average Bonchev–Trinajstić information content (AvgIpc) is 2.97. The van der Waals surface area contributed by atoms with Gasteiger partial charge in [0.25, 0.3) is 0 Å². The van der Waals surface area contributed by atoms with Gasteiger partial charge in [-0.1, -0.05) is 109 Å². The Morgan fingerprint density at radius 2 is 0.575 bits per heavy atom. The van der Waals surface area contributed by atoms with Crippen LogP contribution in [0.3, 0.4) is 0 Å². The molecule has 0 aromatic heterocycles. The molecule has 0 saturated carbocycles. The van der Waals surface area contributed by atoms with Gasteiger partial charge in [0.2, 0.25) is 0 Å². The van der Waals surface area contributed by atoms with Gasteiger partial charge in [-0.2, -0.15) is 0 Å². The van der Waals surface area contributed by atoms with Crippen LogP contribution in [-0.4, -0.2) is 92.5 Å². The summed E-state index contributed by atoms with van der Waals surface area (Å²) in [7, 11) is 0. The molecule has 0 aliphatic heterocycles. The lowest BCUT2D eigenvalue weighted by Crippen LogP contribution is -2.14. The number of hydrogen-bond acceptors (Lipinski definition) is 7. The predicted octanol–water partition coefficient (Wildman–Crippen LogP) is 7.55. The molecule has 0 radical (unpaired) electrons. The minimum atomic E-state index is 0.554. The molecule has 0 amide bonds. The number of rotatable bonds is 37. The first-order chi connectivity index (χ1) is 19.9. The minimum absolute atomic E-state index is 0.554. The predicted molar refractivity (Wildman–Crippen MR) is 165 cm³/mol. The second-order valence-corrected chi connectivity index (χ2v) is 10.3. The fourth-order valence-corrected chi connectivity index (χ4v) is 4.24. The van der Waals surface area contributed by atoms with Gasteiger partial charge in [-0.25, -0.2) is 0 Å². The maximum absolute atomic E-state index is 5.67. The van der Waals surface area contributed by atoms with Crippen LogP contribution < -0.4 is 0 Å². The van der Waals surface area contributed by atoms with Gasteiger partial charge in [0.1, 0.15) is 0 Å². The standard InChI is InChI=1S/C33H66O7/c1-3-5-6-7-8-9-10-11-12-13-14-15-16-17-18-19-21-35-23-25-37-27-29-39-31-33-40-32-30-38-28-26-36-24-22-34-20-4-2/h4H,2-3,5-33H2,1H3.